The summed E-state index contributed by atoms with van der Waals surface area (Å²) >= 11 is 0. The van der Waals surface area contributed by atoms with Crippen molar-refractivity contribution in [2.45, 2.75) is 19.4 Å². The van der Waals surface area contributed by atoms with Crippen LogP contribution in [0.1, 0.15) is 18.4 Å². The van der Waals surface area contributed by atoms with E-state index in [1.54, 1.807) is 25.2 Å². The van der Waals surface area contributed by atoms with Crippen LogP contribution in [-0.2, 0) is 11.3 Å². The number of carbonyl (C=O) groups excluding carboxylic acids is 2. The van der Waals surface area contributed by atoms with Gasteiger partial charge in [0.25, 0.3) is 0 Å². The van der Waals surface area contributed by atoms with Crippen LogP contribution in [0.15, 0.2) is 18.2 Å². The summed E-state index contributed by atoms with van der Waals surface area (Å²) < 4.78 is 10.4. The van der Waals surface area contributed by atoms with Crippen molar-refractivity contribution >= 4 is 11.9 Å². The Morgan fingerprint density at radius 2 is 1.87 bits per heavy atom. The molecule has 7 nitrogen and oxygen atoms in total. The lowest BCUT2D eigenvalue weighted by Gasteiger charge is -2.30. The van der Waals surface area contributed by atoms with Gasteiger partial charge in [0, 0.05) is 25.6 Å². The van der Waals surface area contributed by atoms with Crippen molar-refractivity contribution in [3.8, 4) is 11.5 Å². The van der Waals surface area contributed by atoms with Gasteiger partial charge in [-0.2, -0.15) is 0 Å². The number of likely N-dealkylation sites (tertiary alicyclic amines) is 1. The Bertz CT molecular complexity index is 568. The maximum Gasteiger partial charge on any atom is 0.317 e. The van der Waals surface area contributed by atoms with Gasteiger partial charge in [0.15, 0.2) is 11.5 Å². The highest BCUT2D eigenvalue weighted by molar-refractivity contribution is 5.78. The Morgan fingerprint density at radius 3 is 2.43 bits per heavy atom. The number of carbonyl (C=O) groups is 2. The zero-order chi connectivity index (χ0) is 16.8. The summed E-state index contributed by atoms with van der Waals surface area (Å²) in [4.78, 5) is 25.0. The molecule has 0 aromatic heterocycles. The van der Waals surface area contributed by atoms with Gasteiger partial charge in [0.2, 0.25) is 5.91 Å². The lowest BCUT2D eigenvalue weighted by molar-refractivity contribution is -0.123. The molecule has 0 radical (unpaired) electrons. The third-order valence-electron chi connectivity index (χ3n) is 4.08. The highest BCUT2D eigenvalue weighted by Crippen LogP contribution is 2.27. The molecule has 1 aliphatic heterocycles. The standard InChI is InChI=1S/C16H23N3O4/c1-22-13-4-3-11(9-14(13)23-2)10-18-16(21)19-7-5-12(6-8-19)15(17)20/h3-4,9,12H,5-8,10H2,1-2H3,(H2,17,20)(H,18,21). The molecule has 1 heterocycles. The van der Waals surface area contributed by atoms with E-state index < -0.39 is 0 Å². The van der Waals surface area contributed by atoms with Crippen LogP contribution < -0.4 is 20.5 Å². The minimum Gasteiger partial charge on any atom is -0.493 e. The number of amides is 3. The van der Waals surface area contributed by atoms with E-state index in [2.05, 4.69) is 5.32 Å². The third-order valence-corrected chi connectivity index (χ3v) is 4.08. The number of hydrogen-bond acceptors (Lipinski definition) is 4. The SMILES string of the molecule is COc1ccc(CNC(=O)N2CCC(C(N)=O)CC2)cc1OC. The molecule has 0 bridgehead atoms. The molecule has 1 aromatic rings. The van der Waals surface area contributed by atoms with E-state index in [1.807, 2.05) is 12.1 Å². The van der Waals surface area contributed by atoms with Gasteiger partial charge in [-0.25, -0.2) is 4.79 Å². The van der Waals surface area contributed by atoms with Gasteiger partial charge in [-0.05, 0) is 30.5 Å². The first-order valence-corrected chi connectivity index (χ1v) is 7.58. The molecule has 7 heteroatoms. The number of primary amides is 1. The number of piperidine rings is 1. The first kappa shape index (κ1) is 16.9. The Kier molecular flexibility index (Phi) is 5.67. The molecule has 1 fully saturated rings. The second-order valence-corrected chi connectivity index (χ2v) is 5.51. The average Bonchev–Trinajstić information content (AvgIpc) is 2.59. The molecular formula is C16H23N3O4. The molecule has 23 heavy (non-hydrogen) atoms. The van der Waals surface area contributed by atoms with E-state index in [0.29, 0.717) is 44.0 Å². The fourth-order valence-electron chi connectivity index (χ4n) is 2.65. The molecule has 3 amide bonds. The number of nitrogens with one attached hydrogen (secondary N) is 1. The van der Waals surface area contributed by atoms with E-state index in [-0.39, 0.29) is 17.9 Å². The third kappa shape index (κ3) is 4.28. The number of rotatable bonds is 5. The molecule has 0 spiro atoms. The number of methoxy groups -OCH3 is 2. The first-order chi connectivity index (χ1) is 11.0. The summed E-state index contributed by atoms with van der Waals surface area (Å²) in [7, 11) is 3.15. The van der Waals surface area contributed by atoms with Crippen molar-refractivity contribution in [1.29, 1.82) is 0 Å². The molecule has 126 valence electrons. The van der Waals surface area contributed by atoms with Crippen molar-refractivity contribution in [1.82, 2.24) is 10.2 Å². The number of nitrogens with two attached hydrogens (primary N) is 1. The quantitative estimate of drug-likeness (QED) is 0.849. The maximum atomic E-state index is 12.2. The van der Waals surface area contributed by atoms with Crippen LogP contribution >= 0.6 is 0 Å². The summed E-state index contributed by atoms with van der Waals surface area (Å²) in [5.74, 6) is 0.873. The molecule has 1 aromatic carbocycles. The van der Waals surface area contributed by atoms with E-state index in [4.69, 9.17) is 15.2 Å². The van der Waals surface area contributed by atoms with Crippen LogP contribution in [0.5, 0.6) is 11.5 Å². The Hall–Kier alpha value is -2.44. The van der Waals surface area contributed by atoms with Gasteiger partial charge in [-0.15, -0.1) is 0 Å². The molecular weight excluding hydrogens is 298 g/mol. The predicted octanol–water partition coefficient (Wildman–Crippen LogP) is 1.11. The van der Waals surface area contributed by atoms with Gasteiger partial charge in [0.1, 0.15) is 0 Å². The van der Waals surface area contributed by atoms with Gasteiger partial charge < -0.3 is 25.4 Å². The Labute approximate surface area is 135 Å². The van der Waals surface area contributed by atoms with Gasteiger partial charge in [-0.1, -0.05) is 6.07 Å². The fourth-order valence-corrected chi connectivity index (χ4v) is 2.65. The molecule has 1 aliphatic rings. The fraction of sp³-hybridized carbons (Fsp3) is 0.500. The maximum absolute atomic E-state index is 12.2. The molecule has 1 saturated heterocycles. The van der Waals surface area contributed by atoms with Gasteiger partial charge in [0.05, 0.1) is 14.2 Å². The van der Waals surface area contributed by atoms with E-state index in [9.17, 15) is 9.59 Å². The van der Waals surface area contributed by atoms with Gasteiger partial charge >= 0.3 is 6.03 Å². The Balaban J connectivity index is 1.86. The minimum atomic E-state index is -0.282. The summed E-state index contributed by atoms with van der Waals surface area (Å²) in [6.07, 6.45) is 1.25. The Morgan fingerprint density at radius 1 is 1.22 bits per heavy atom. The van der Waals surface area contributed by atoms with Gasteiger partial charge in [-0.3, -0.25) is 4.79 Å². The van der Waals surface area contributed by atoms with Crippen LogP contribution in [0, 0.1) is 5.92 Å². The van der Waals surface area contributed by atoms with Crippen LogP contribution in [-0.4, -0.2) is 44.1 Å². The zero-order valence-corrected chi connectivity index (χ0v) is 13.5. The lowest BCUT2D eigenvalue weighted by atomic mass is 9.96. The first-order valence-electron chi connectivity index (χ1n) is 7.58. The summed E-state index contributed by atoms with van der Waals surface area (Å²) in [5.41, 5.74) is 6.21. The van der Waals surface area contributed by atoms with E-state index >= 15 is 0 Å². The molecule has 0 saturated carbocycles. The largest absolute Gasteiger partial charge is 0.493 e. The van der Waals surface area contributed by atoms with Crippen molar-refractivity contribution in [2.75, 3.05) is 27.3 Å². The summed E-state index contributed by atoms with van der Waals surface area (Å²) in [6.45, 7) is 1.49. The normalized spacial score (nSPS) is 15.1. The lowest BCUT2D eigenvalue weighted by Crippen LogP contribution is -2.46. The summed E-state index contributed by atoms with van der Waals surface area (Å²) in [5, 5.41) is 2.88. The molecule has 0 atom stereocenters. The second kappa shape index (κ2) is 7.71. The number of benzene rings is 1. The number of ether oxygens (including phenoxy) is 2. The monoisotopic (exact) mass is 321 g/mol. The predicted molar refractivity (Wildman–Crippen MR) is 85.3 cm³/mol. The van der Waals surface area contributed by atoms with Crippen LogP contribution in [0.3, 0.4) is 0 Å². The average molecular weight is 321 g/mol. The molecule has 3 N–H and O–H groups in total. The molecule has 0 unspecified atom stereocenters. The smallest absolute Gasteiger partial charge is 0.317 e. The van der Waals surface area contributed by atoms with Crippen LogP contribution in [0.2, 0.25) is 0 Å². The van der Waals surface area contributed by atoms with Crippen molar-refractivity contribution in [3.63, 3.8) is 0 Å². The number of hydrogen-bond donors (Lipinski definition) is 2. The summed E-state index contributed by atoms with van der Waals surface area (Å²) in [6, 6.07) is 5.38. The number of urea groups is 1. The van der Waals surface area contributed by atoms with Crippen LogP contribution in [0.4, 0.5) is 4.79 Å². The van der Waals surface area contributed by atoms with Crippen molar-refractivity contribution in [2.24, 2.45) is 11.7 Å². The van der Waals surface area contributed by atoms with Crippen LogP contribution in [0.25, 0.3) is 0 Å². The van der Waals surface area contributed by atoms with E-state index in [1.165, 1.54) is 0 Å². The molecule has 2 rings (SSSR count). The molecule has 0 aliphatic carbocycles. The van der Waals surface area contributed by atoms with Crippen molar-refractivity contribution < 1.29 is 19.1 Å². The minimum absolute atomic E-state index is 0.120. The highest BCUT2D eigenvalue weighted by Gasteiger charge is 2.25. The topological polar surface area (TPSA) is 93.9 Å². The second-order valence-electron chi connectivity index (χ2n) is 5.51. The number of nitrogens with zero attached hydrogens (tertiary/aromatic N) is 1. The van der Waals surface area contributed by atoms with Crippen molar-refractivity contribution in [3.05, 3.63) is 23.8 Å². The zero-order valence-electron chi connectivity index (χ0n) is 13.5. The highest BCUT2D eigenvalue weighted by atomic mass is 16.5. The van der Waals surface area contributed by atoms with E-state index in [0.717, 1.165) is 5.56 Å².